The maximum Gasteiger partial charge on any atom is 0.328 e. The zero-order valence-corrected chi connectivity index (χ0v) is 21.2. The van der Waals surface area contributed by atoms with E-state index in [1.54, 1.807) is 12.1 Å². The Morgan fingerprint density at radius 1 is 0.967 bits per heavy atom. The molecule has 1 aliphatic heterocycles. The standard InChI is InChI=1S/C18H20FNO.C4H4O4.Ac/c19-17-9-7-14(8-10-17)18(21)6-3-11-20-12-15-4-1-2-5-16(15)13-20;5-3(6)1-2-4(7)8;/h1-2,4-5,7-10,18,21H,3,6,11-13H2;1-2H,(H,5,6)(H,7,8);/b;2-1-;. The molecule has 0 aliphatic carbocycles. The van der Waals surface area contributed by atoms with Gasteiger partial charge in [-0.1, -0.05) is 36.4 Å². The van der Waals surface area contributed by atoms with Crippen LogP contribution in [0.25, 0.3) is 0 Å². The Bertz CT molecular complexity index is 816. The van der Waals surface area contributed by atoms with Crippen molar-refractivity contribution in [3.63, 3.8) is 0 Å². The topological polar surface area (TPSA) is 98.1 Å². The summed E-state index contributed by atoms with van der Waals surface area (Å²) in [5.41, 5.74) is 3.62. The molecule has 1 atom stereocenters. The predicted octanol–water partition coefficient (Wildman–Crippen LogP) is 3.37. The summed E-state index contributed by atoms with van der Waals surface area (Å²) in [4.78, 5) is 21.5. The number of aliphatic hydroxyl groups is 1. The molecule has 6 nitrogen and oxygen atoms in total. The third-order valence-corrected chi connectivity index (χ3v) is 4.48. The van der Waals surface area contributed by atoms with E-state index in [0.717, 1.165) is 31.6 Å². The Balaban J connectivity index is 0.000000431. The summed E-state index contributed by atoms with van der Waals surface area (Å²) >= 11 is 0. The van der Waals surface area contributed by atoms with Crippen LogP contribution in [0, 0.1) is 49.9 Å². The molecule has 0 spiro atoms. The van der Waals surface area contributed by atoms with Gasteiger partial charge in [-0.3, -0.25) is 4.90 Å². The van der Waals surface area contributed by atoms with Crippen LogP contribution in [0.5, 0.6) is 0 Å². The van der Waals surface area contributed by atoms with Crippen LogP contribution in [0.15, 0.2) is 60.7 Å². The van der Waals surface area contributed by atoms with E-state index >= 15 is 0 Å². The molecule has 0 aromatic heterocycles. The molecule has 30 heavy (non-hydrogen) atoms. The average Bonchev–Trinajstić information content (AvgIpc) is 3.10. The Hall–Kier alpha value is -1.59. The average molecular weight is 628 g/mol. The maximum atomic E-state index is 12.8. The van der Waals surface area contributed by atoms with Gasteiger partial charge in [0.05, 0.1) is 6.10 Å². The molecule has 1 heterocycles. The number of rotatable bonds is 7. The molecule has 3 N–H and O–H groups in total. The van der Waals surface area contributed by atoms with Crippen LogP contribution in [-0.2, 0) is 22.7 Å². The van der Waals surface area contributed by atoms with Crippen LogP contribution in [0.1, 0.15) is 35.6 Å². The smallest absolute Gasteiger partial charge is 0.328 e. The summed E-state index contributed by atoms with van der Waals surface area (Å²) in [6.45, 7) is 2.98. The minimum Gasteiger partial charge on any atom is -0.478 e. The van der Waals surface area contributed by atoms with E-state index in [-0.39, 0.29) is 49.9 Å². The van der Waals surface area contributed by atoms with Crippen molar-refractivity contribution >= 4 is 11.9 Å². The van der Waals surface area contributed by atoms with Gasteiger partial charge < -0.3 is 15.3 Å². The number of benzene rings is 2. The van der Waals surface area contributed by atoms with Gasteiger partial charge in [0.25, 0.3) is 0 Å². The van der Waals surface area contributed by atoms with Crippen molar-refractivity contribution in [2.45, 2.75) is 32.0 Å². The molecule has 0 fully saturated rings. The fourth-order valence-corrected chi connectivity index (χ4v) is 3.06. The van der Waals surface area contributed by atoms with Crippen molar-refractivity contribution in [3.8, 4) is 0 Å². The first-order valence-electron chi connectivity index (χ1n) is 9.21. The van der Waals surface area contributed by atoms with Crippen molar-refractivity contribution < 1.29 is 73.4 Å². The number of halogens is 1. The molecule has 0 bridgehead atoms. The van der Waals surface area contributed by atoms with Crippen LogP contribution in [0.2, 0.25) is 0 Å². The third kappa shape index (κ3) is 9.48. The van der Waals surface area contributed by atoms with Crippen molar-refractivity contribution in [3.05, 3.63) is 83.2 Å². The number of hydrogen-bond acceptors (Lipinski definition) is 4. The number of carboxylic acid groups (broad SMARTS) is 2. The summed E-state index contributed by atoms with van der Waals surface area (Å²) < 4.78 is 12.8. The number of carbonyl (C=O) groups is 2. The second kappa shape index (κ2) is 13.7. The van der Waals surface area contributed by atoms with E-state index in [4.69, 9.17) is 10.2 Å². The minimum atomic E-state index is -1.26. The molecule has 0 saturated carbocycles. The van der Waals surface area contributed by atoms with Gasteiger partial charge in [0.15, 0.2) is 0 Å². The second-order valence-electron chi connectivity index (χ2n) is 6.70. The minimum absolute atomic E-state index is 0. The molecule has 0 amide bonds. The van der Waals surface area contributed by atoms with Crippen molar-refractivity contribution in [2.75, 3.05) is 6.54 Å². The summed E-state index contributed by atoms with van der Waals surface area (Å²) in [6.07, 6.45) is 2.26. The Labute approximate surface area is 210 Å². The van der Waals surface area contributed by atoms with E-state index < -0.39 is 18.0 Å². The summed E-state index contributed by atoms with van der Waals surface area (Å²) in [5.74, 6) is -2.78. The number of nitrogens with zero attached hydrogens (tertiary/aromatic N) is 1. The number of fused-ring (bicyclic) bond motifs is 1. The van der Waals surface area contributed by atoms with Gasteiger partial charge >= 0.3 is 11.9 Å². The first kappa shape index (κ1) is 26.4. The van der Waals surface area contributed by atoms with Crippen molar-refractivity contribution in [2.24, 2.45) is 0 Å². The normalized spacial score (nSPS) is 13.7. The summed E-state index contributed by atoms with van der Waals surface area (Å²) in [7, 11) is 0. The molecule has 2 aromatic carbocycles. The van der Waals surface area contributed by atoms with E-state index in [2.05, 4.69) is 29.2 Å². The van der Waals surface area contributed by atoms with Gasteiger partial charge in [-0.25, -0.2) is 14.0 Å². The zero-order chi connectivity index (χ0) is 21.2. The fraction of sp³-hybridized carbons (Fsp3) is 0.273. The van der Waals surface area contributed by atoms with Gasteiger partial charge in [0.1, 0.15) is 5.82 Å². The molecular formula is C22H24AcFNO5. The molecule has 3 rings (SSSR count). The Morgan fingerprint density at radius 3 is 1.93 bits per heavy atom. The molecule has 2 aromatic rings. The molecule has 157 valence electrons. The van der Waals surface area contributed by atoms with Gasteiger partial charge in [-0.05, 0) is 48.2 Å². The van der Waals surface area contributed by atoms with Crippen LogP contribution in [-0.4, -0.2) is 38.7 Å². The number of aliphatic hydroxyl groups excluding tert-OH is 1. The number of hydrogen-bond donors (Lipinski definition) is 3. The first-order chi connectivity index (χ1) is 13.8. The van der Waals surface area contributed by atoms with Crippen LogP contribution < -0.4 is 0 Å². The van der Waals surface area contributed by atoms with Crippen molar-refractivity contribution in [1.82, 2.24) is 4.90 Å². The first-order valence-corrected chi connectivity index (χ1v) is 9.21. The Morgan fingerprint density at radius 2 is 1.47 bits per heavy atom. The second-order valence-corrected chi connectivity index (χ2v) is 6.70. The largest absolute Gasteiger partial charge is 0.478 e. The van der Waals surface area contributed by atoms with Crippen LogP contribution in [0.3, 0.4) is 0 Å². The molecule has 1 unspecified atom stereocenters. The fourth-order valence-electron chi connectivity index (χ4n) is 3.06. The quantitative estimate of drug-likeness (QED) is 0.407. The Kier molecular flexibility index (Phi) is 12.0. The third-order valence-electron chi connectivity index (χ3n) is 4.48. The summed E-state index contributed by atoms with van der Waals surface area (Å²) in [6, 6.07) is 14.6. The number of aliphatic carboxylic acids is 2. The van der Waals surface area contributed by atoms with Gasteiger partial charge in [0, 0.05) is 69.3 Å². The van der Waals surface area contributed by atoms with Crippen molar-refractivity contribution in [1.29, 1.82) is 0 Å². The maximum absolute atomic E-state index is 12.8. The van der Waals surface area contributed by atoms with E-state index in [1.807, 2.05) is 0 Å². The monoisotopic (exact) mass is 628 g/mol. The SMILES string of the molecule is O=C(O)/C=C\C(=O)O.OC(CCCN1Cc2ccccc2C1)c1ccc(F)cc1.[Ac]. The van der Waals surface area contributed by atoms with E-state index in [9.17, 15) is 19.1 Å². The number of carboxylic acids is 2. The molecule has 1 aliphatic rings. The molecule has 1 radical (unpaired) electrons. The predicted molar refractivity (Wildman–Crippen MR) is 106 cm³/mol. The van der Waals surface area contributed by atoms with E-state index in [0.29, 0.717) is 18.6 Å². The van der Waals surface area contributed by atoms with Crippen LogP contribution in [0.4, 0.5) is 4.39 Å². The molecule has 0 saturated heterocycles. The van der Waals surface area contributed by atoms with Gasteiger partial charge in [0.2, 0.25) is 0 Å². The van der Waals surface area contributed by atoms with E-state index in [1.165, 1.54) is 23.3 Å². The van der Waals surface area contributed by atoms with Crippen LogP contribution >= 0.6 is 0 Å². The summed E-state index contributed by atoms with van der Waals surface area (Å²) in [5, 5.41) is 25.7. The zero-order valence-electron chi connectivity index (χ0n) is 16.4. The molecule has 8 heteroatoms. The van der Waals surface area contributed by atoms with Gasteiger partial charge in [-0.15, -0.1) is 0 Å². The molecular weight excluding hydrogens is 604 g/mol. The van der Waals surface area contributed by atoms with Gasteiger partial charge in [-0.2, -0.15) is 0 Å².